The summed E-state index contributed by atoms with van der Waals surface area (Å²) in [4.78, 5) is 13.9. The third-order valence-electron chi connectivity index (χ3n) is 1.15. The average molecular weight is 174 g/mol. The molecule has 1 aromatic heterocycles. The maximum Gasteiger partial charge on any atom is 1.00 e. The molecule has 0 aliphatic rings. The topological polar surface area (TPSA) is 79.0 Å². The van der Waals surface area contributed by atoms with E-state index >= 15 is 0 Å². The summed E-state index contributed by atoms with van der Waals surface area (Å²) < 4.78 is 0. The third kappa shape index (κ3) is 3.71. The first-order valence-electron chi connectivity index (χ1n) is 3.10. The van der Waals surface area contributed by atoms with Crippen LogP contribution in [0.15, 0.2) is 18.2 Å². The van der Waals surface area contributed by atoms with Gasteiger partial charge in [-0.15, -0.1) is 0 Å². The first kappa shape index (κ1) is 11.4. The second kappa shape index (κ2) is 5.13. The standard InChI is InChI=1S/C7H8N2O2.Na/c8-6-3-1-2-5(9-6)4-7(10)11;/h1-3H,4H2,(H2,8,9)(H,10,11);/q;+1/p-1. The Morgan fingerprint density at radius 3 is 2.75 bits per heavy atom. The monoisotopic (exact) mass is 174 g/mol. The Hall–Kier alpha value is -0.580. The van der Waals surface area contributed by atoms with Gasteiger partial charge in [-0.3, -0.25) is 0 Å². The Morgan fingerprint density at radius 1 is 1.58 bits per heavy atom. The van der Waals surface area contributed by atoms with Crippen LogP contribution < -0.4 is 40.4 Å². The number of anilines is 1. The smallest absolute Gasteiger partial charge is 0.550 e. The summed E-state index contributed by atoms with van der Waals surface area (Å²) in [5.41, 5.74) is 5.73. The molecule has 0 amide bonds. The van der Waals surface area contributed by atoms with Crippen molar-refractivity contribution in [2.24, 2.45) is 0 Å². The Morgan fingerprint density at radius 2 is 2.25 bits per heavy atom. The predicted octanol–water partition coefficient (Wildman–Crippen LogP) is -4.04. The molecule has 4 nitrogen and oxygen atoms in total. The van der Waals surface area contributed by atoms with E-state index in [1.54, 1.807) is 18.2 Å². The fourth-order valence-corrected chi connectivity index (χ4v) is 0.744. The number of rotatable bonds is 2. The number of carbonyl (C=O) groups excluding carboxylic acids is 1. The number of hydrogen-bond acceptors (Lipinski definition) is 4. The van der Waals surface area contributed by atoms with Crippen LogP contribution in [0.2, 0.25) is 0 Å². The summed E-state index contributed by atoms with van der Waals surface area (Å²) in [6, 6.07) is 4.84. The van der Waals surface area contributed by atoms with E-state index < -0.39 is 5.97 Å². The van der Waals surface area contributed by atoms with Gasteiger partial charge < -0.3 is 15.6 Å². The van der Waals surface area contributed by atoms with Crippen molar-refractivity contribution in [3.05, 3.63) is 23.9 Å². The van der Waals surface area contributed by atoms with Crippen LogP contribution in [0, 0.1) is 0 Å². The number of aromatic nitrogens is 1. The summed E-state index contributed by atoms with van der Waals surface area (Å²) in [7, 11) is 0. The molecule has 0 aliphatic heterocycles. The van der Waals surface area contributed by atoms with Crippen molar-refractivity contribution in [3.63, 3.8) is 0 Å². The van der Waals surface area contributed by atoms with Crippen LogP contribution in [-0.4, -0.2) is 11.0 Å². The van der Waals surface area contributed by atoms with Gasteiger partial charge in [0.1, 0.15) is 5.82 Å². The number of pyridine rings is 1. The quantitative estimate of drug-likeness (QED) is 0.463. The molecule has 1 heterocycles. The summed E-state index contributed by atoms with van der Waals surface area (Å²) in [6.07, 6.45) is -0.189. The molecule has 2 N–H and O–H groups in total. The van der Waals surface area contributed by atoms with E-state index in [9.17, 15) is 9.90 Å². The van der Waals surface area contributed by atoms with E-state index in [0.717, 1.165) is 0 Å². The summed E-state index contributed by atoms with van der Waals surface area (Å²) >= 11 is 0. The van der Waals surface area contributed by atoms with E-state index in [1.807, 2.05) is 0 Å². The number of carboxylic acids is 1. The molecule has 0 unspecified atom stereocenters. The zero-order chi connectivity index (χ0) is 8.27. The van der Waals surface area contributed by atoms with Gasteiger partial charge >= 0.3 is 29.6 Å². The zero-order valence-corrected chi connectivity index (χ0v) is 8.78. The molecule has 0 saturated carbocycles. The van der Waals surface area contributed by atoms with Crippen molar-refractivity contribution in [1.82, 2.24) is 4.98 Å². The van der Waals surface area contributed by atoms with Gasteiger partial charge in [-0.2, -0.15) is 0 Å². The van der Waals surface area contributed by atoms with E-state index in [0.29, 0.717) is 11.5 Å². The van der Waals surface area contributed by atoms with Crippen LogP contribution >= 0.6 is 0 Å². The molecule has 12 heavy (non-hydrogen) atoms. The summed E-state index contributed by atoms with van der Waals surface area (Å²) in [5.74, 6) is -0.827. The molecule has 0 aromatic carbocycles. The molecular formula is C7H7N2NaO2. The van der Waals surface area contributed by atoms with Crippen LogP contribution in [0.3, 0.4) is 0 Å². The van der Waals surface area contributed by atoms with E-state index in [2.05, 4.69) is 4.98 Å². The van der Waals surface area contributed by atoms with Gasteiger partial charge in [-0.1, -0.05) is 6.07 Å². The van der Waals surface area contributed by atoms with E-state index in [4.69, 9.17) is 5.73 Å². The minimum atomic E-state index is -1.15. The van der Waals surface area contributed by atoms with Crippen LogP contribution in [0.4, 0.5) is 5.82 Å². The Bertz CT molecular complexity index is 278. The first-order valence-corrected chi connectivity index (χ1v) is 3.10. The van der Waals surface area contributed by atoms with Crippen LogP contribution in [0.5, 0.6) is 0 Å². The largest absolute Gasteiger partial charge is 1.00 e. The Labute approximate surface area is 92.1 Å². The Balaban J connectivity index is 0.00000121. The SMILES string of the molecule is Nc1cccc(CC(=O)[O-])n1.[Na+]. The fourth-order valence-electron chi connectivity index (χ4n) is 0.744. The molecule has 0 atom stereocenters. The zero-order valence-electron chi connectivity index (χ0n) is 6.78. The second-order valence-corrected chi connectivity index (χ2v) is 2.10. The van der Waals surface area contributed by atoms with Gasteiger partial charge in [0, 0.05) is 18.1 Å². The third-order valence-corrected chi connectivity index (χ3v) is 1.15. The maximum absolute atomic E-state index is 10.1. The molecule has 0 bridgehead atoms. The van der Waals surface area contributed by atoms with Crippen molar-refractivity contribution >= 4 is 11.8 Å². The molecule has 1 rings (SSSR count). The van der Waals surface area contributed by atoms with Crippen LogP contribution in [0.1, 0.15) is 5.69 Å². The molecule has 1 aromatic rings. The van der Waals surface area contributed by atoms with Crippen LogP contribution in [0.25, 0.3) is 0 Å². The minimum Gasteiger partial charge on any atom is -0.550 e. The predicted molar refractivity (Wildman–Crippen MR) is 37.4 cm³/mol. The number of aliphatic carboxylic acids is 1. The van der Waals surface area contributed by atoms with Gasteiger partial charge in [0.2, 0.25) is 0 Å². The molecule has 58 valence electrons. The average Bonchev–Trinajstić information content (AvgIpc) is 1.85. The normalized spacial score (nSPS) is 8.67. The Kier molecular flexibility index (Phi) is 4.89. The van der Waals surface area contributed by atoms with Crippen molar-refractivity contribution < 1.29 is 39.5 Å². The van der Waals surface area contributed by atoms with E-state index in [1.165, 1.54) is 0 Å². The van der Waals surface area contributed by atoms with E-state index in [-0.39, 0.29) is 36.0 Å². The van der Waals surface area contributed by atoms with Crippen molar-refractivity contribution in [1.29, 1.82) is 0 Å². The summed E-state index contributed by atoms with van der Waals surface area (Å²) in [6.45, 7) is 0. The molecule has 0 saturated heterocycles. The number of hydrogen-bond donors (Lipinski definition) is 1. The van der Waals surface area contributed by atoms with Gasteiger partial charge in [-0.05, 0) is 12.1 Å². The number of nitrogen functional groups attached to an aromatic ring is 1. The van der Waals surface area contributed by atoms with Crippen LogP contribution in [-0.2, 0) is 11.2 Å². The van der Waals surface area contributed by atoms with Gasteiger partial charge in [0.05, 0.1) is 0 Å². The molecule has 0 radical (unpaired) electrons. The van der Waals surface area contributed by atoms with Crippen molar-refractivity contribution in [3.8, 4) is 0 Å². The van der Waals surface area contributed by atoms with Gasteiger partial charge in [-0.25, -0.2) is 4.98 Å². The number of nitrogens with zero attached hydrogens (tertiary/aromatic N) is 1. The molecule has 0 spiro atoms. The number of nitrogens with two attached hydrogens (primary N) is 1. The number of carbonyl (C=O) groups is 1. The van der Waals surface area contributed by atoms with Gasteiger partial charge in [0.15, 0.2) is 0 Å². The fraction of sp³-hybridized carbons (Fsp3) is 0.143. The molecule has 0 fully saturated rings. The second-order valence-electron chi connectivity index (χ2n) is 2.10. The van der Waals surface area contributed by atoms with Crippen molar-refractivity contribution in [2.75, 3.05) is 5.73 Å². The molecule has 5 heteroatoms. The molecular weight excluding hydrogens is 167 g/mol. The number of carboxylic acid groups (broad SMARTS) is 1. The van der Waals surface area contributed by atoms with Gasteiger partial charge in [0.25, 0.3) is 0 Å². The first-order chi connectivity index (χ1) is 5.18. The maximum atomic E-state index is 10.1. The summed E-state index contributed by atoms with van der Waals surface area (Å²) in [5, 5.41) is 10.1. The molecule has 0 aliphatic carbocycles. The van der Waals surface area contributed by atoms with Crippen molar-refractivity contribution in [2.45, 2.75) is 6.42 Å². The minimum absolute atomic E-state index is 0.